The van der Waals surface area contributed by atoms with Gasteiger partial charge in [-0.1, -0.05) is 54.6 Å². The molecule has 0 saturated carbocycles. The van der Waals surface area contributed by atoms with E-state index >= 15 is 0 Å². The van der Waals surface area contributed by atoms with Gasteiger partial charge < -0.3 is 0 Å². The van der Waals surface area contributed by atoms with Crippen molar-refractivity contribution in [2.45, 2.75) is 12.3 Å². The molecule has 0 radical (unpaired) electrons. The minimum Gasteiger partial charge on any atom is -0.248 e. The van der Waals surface area contributed by atoms with Crippen LogP contribution >= 0.6 is 0 Å². The van der Waals surface area contributed by atoms with Gasteiger partial charge in [0.15, 0.2) is 0 Å². The minimum absolute atomic E-state index is 0.339. The molecule has 3 aromatic carbocycles. The second-order valence-corrected chi connectivity index (χ2v) is 7.00. The fraction of sp³-hybridized carbons (Fsp3) is 0.0833. The van der Waals surface area contributed by atoms with Crippen LogP contribution in [0.25, 0.3) is 5.57 Å². The zero-order valence-electron chi connectivity index (χ0n) is 14.2. The van der Waals surface area contributed by atoms with Gasteiger partial charge in [-0.15, -0.1) is 0 Å². The van der Waals surface area contributed by atoms with E-state index in [1.165, 1.54) is 27.1 Å². The molecule has 6 rings (SSSR count). The van der Waals surface area contributed by atoms with Crippen LogP contribution < -0.4 is 10.7 Å². The fourth-order valence-corrected chi connectivity index (χ4v) is 4.41. The lowest BCUT2D eigenvalue weighted by Crippen LogP contribution is -2.10. The Morgan fingerprint density at radius 3 is 2.50 bits per heavy atom. The molecule has 0 spiro atoms. The highest BCUT2D eigenvalue weighted by Gasteiger charge is 2.30. The predicted octanol–water partition coefficient (Wildman–Crippen LogP) is 4.33. The van der Waals surface area contributed by atoms with Crippen molar-refractivity contribution in [1.82, 2.24) is 0 Å². The van der Waals surface area contributed by atoms with E-state index in [1.54, 1.807) is 0 Å². The van der Waals surface area contributed by atoms with E-state index in [4.69, 9.17) is 9.98 Å². The number of fused-ring (bicyclic) bond motifs is 5. The number of rotatable bonds is 1. The maximum Gasteiger partial charge on any atom is 0.0814 e. The maximum atomic E-state index is 4.99. The van der Waals surface area contributed by atoms with Gasteiger partial charge in [0, 0.05) is 21.9 Å². The van der Waals surface area contributed by atoms with Crippen LogP contribution in [0, 0.1) is 10.4 Å². The van der Waals surface area contributed by atoms with Crippen LogP contribution in [0.1, 0.15) is 23.5 Å². The molecule has 1 atom stereocenters. The second-order valence-electron chi connectivity index (χ2n) is 7.00. The molecule has 3 aliphatic rings. The van der Waals surface area contributed by atoms with Crippen molar-refractivity contribution in [3.8, 4) is 0 Å². The number of hydrogen-bond donors (Lipinski definition) is 0. The van der Waals surface area contributed by atoms with E-state index in [1.807, 2.05) is 0 Å². The number of allylic oxidation sites excluding steroid dienone is 3. The van der Waals surface area contributed by atoms with Crippen LogP contribution in [-0.2, 0) is 0 Å². The Kier molecular flexibility index (Phi) is 2.75. The third kappa shape index (κ3) is 1.81. The topological polar surface area (TPSA) is 24.7 Å². The molecule has 1 unspecified atom stereocenters. The van der Waals surface area contributed by atoms with E-state index in [9.17, 15) is 0 Å². The van der Waals surface area contributed by atoms with Crippen LogP contribution in [0.5, 0.6) is 0 Å². The molecule has 2 aliphatic heterocycles. The first-order valence-electron chi connectivity index (χ1n) is 9.06. The number of para-hydroxylation sites is 1. The zero-order valence-corrected chi connectivity index (χ0v) is 14.2. The lowest BCUT2D eigenvalue weighted by atomic mass is 9.81. The van der Waals surface area contributed by atoms with Gasteiger partial charge in [-0.2, -0.15) is 0 Å². The SMILES string of the molecule is C1=CC2=C(c3c4c(ccc3=N2)=c2ccccc2=N4)C(c2ccccc2)C1. The molecule has 2 heteroatoms. The quantitative estimate of drug-likeness (QED) is 0.496. The Labute approximate surface area is 150 Å². The van der Waals surface area contributed by atoms with Gasteiger partial charge in [0.1, 0.15) is 0 Å². The van der Waals surface area contributed by atoms with Crippen LogP contribution in [0.15, 0.2) is 94.6 Å². The first-order valence-corrected chi connectivity index (χ1v) is 9.06. The highest BCUT2D eigenvalue weighted by Crippen LogP contribution is 2.45. The third-order valence-corrected chi connectivity index (χ3v) is 5.57. The molecular formula is C24H16N2. The molecule has 0 bridgehead atoms. The van der Waals surface area contributed by atoms with Gasteiger partial charge >= 0.3 is 0 Å². The molecule has 2 nitrogen and oxygen atoms in total. The fourth-order valence-electron chi connectivity index (χ4n) is 4.41. The largest absolute Gasteiger partial charge is 0.248 e. The summed E-state index contributed by atoms with van der Waals surface area (Å²) in [6.07, 6.45) is 5.43. The number of nitrogens with zero attached hydrogens (tertiary/aromatic N) is 2. The summed E-state index contributed by atoms with van der Waals surface area (Å²) < 4.78 is 0. The average molecular weight is 332 g/mol. The van der Waals surface area contributed by atoms with Crippen LogP contribution in [-0.4, -0.2) is 0 Å². The first kappa shape index (κ1) is 14.0. The normalized spacial score (nSPS) is 18.5. The van der Waals surface area contributed by atoms with Crippen molar-refractivity contribution < 1.29 is 0 Å². The first-order chi connectivity index (χ1) is 12.9. The van der Waals surface area contributed by atoms with Crippen molar-refractivity contribution in [2.75, 3.05) is 0 Å². The third-order valence-electron chi connectivity index (χ3n) is 5.57. The zero-order chi connectivity index (χ0) is 17.1. The predicted molar refractivity (Wildman–Crippen MR) is 102 cm³/mol. The van der Waals surface area contributed by atoms with Gasteiger partial charge in [-0.05, 0) is 41.8 Å². The Morgan fingerprint density at radius 2 is 1.58 bits per heavy atom. The summed E-state index contributed by atoms with van der Waals surface area (Å²) in [5.74, 6) is 0.339. The summed E-state index contributed by atoms with van der Waals surface area (Å²) in [7, 11) is 0. The summed E-state index contributed by atoms with van der Waals surface area (Å²) in [5, 5.41) is 4.57. The van der Waals surface area contributed by atoms with E-state index in [0.29, 0.717) is 5.92 Å². The summed E-state index contributed by atoms with van der Waals surface area (Å²) in [6.45, 7) is 0. The van der Waals surface area contributed by atoms with Crippen molar-refractivity contribution >= 4 is 11.3 Å². The Hall–Kier alpha value is -3.26. The lowest BCUT2D eigenvalue weighted by molar-refractivity contribution is 0.868. The van der Waals surface area contributed by atoms with Crippen LogP contribution in [0.3, 0.4) is 0 Å². The molecule has 0 fully saturated rings. The molecule has 0 amide bonds. The molecule has 0 saturated heterocycles. The summed E-state index contributed by atoms with van der Waals surface area (Å²) in [6, 6.07) is 23.5. The smallest absolute Gasteiger partial charge is 0.0814 e. The average Bonchev–Trinajstić information content (AvgIpc) is 3.26. The second kappa shape index (κ2) is 5.12. The van der Waals surface area contributed by atoms with E-state index in [2.05, 4.69) is 78.9 Å². The standard InChI is InChI=1S/C24H16N2/c1-2-7-15(8-3-1)16-10-6-12-20-22(16)23-21(25-20)14-13-18-17-9-4-5-11-19(17)26-24(18)23/h1-9,11-14,16H,10H2. The molecule has 26 heavy (non-hydrogen) atoms. The maximum absolute atomic E-state index is 4.99. The van der Waals surface area contributed by atoms with Gasteiger partial charge in [0.2, 0.25) is 0 Å². The van der Waals surface area contributed by atoms with Crippen molar-refractivity contribution in [3.05, 3.63) is 117 Å². The van der Waals surface area contributed by atoms with Gasteiger partial charge in [0.25, 0.3) is 0 Å². The summed E-state index contributed by atoms with van der Waals surface area (Å²) in [5.41, 5.74) is 6.10. The molecule has 122 valence electrons. The lowest BCUT2D eigenvalue weighted by Gasteiger charge is -2.22. The Morgan fingerprint density at radius 1 is 0.731 bits per heavy atom. The van der Waals surface area contributed by atoms with Gasteiger partial charge in [0.05, 0.1) is 22.1 Å². The van der Waals surface area contributed by atoms with Gasteiger partial charge in [-0.25, -0.2) is 9.98 Å². The van der Waals surface area contributed by atoms with E-state index in [-0.39, 0.29) is 0 Å². The highest BCUT2D eigenvalue weighted by atomic mass is 14.8. The molecular weight excluding hydrogens is 316 g/mol. The van der Waals surface area contributed by atoms with E-state index in [0.717, 1.165) is 28.5 Å². The van der Waals surface area contributed by atoms with E-state index < -0.39 is 0 Å². The van der Waals surface area contributed by atoms with Gasteiger partial charge in [-0.3, -0.25) is 0 Å². The highest BCUT2D eigenvalue weighted by molar-refractivity contribution is 5.85. The molecule has 1 aliphatic carbocycles. The molecule has 3 aromatic rings. The monoisotopic (exact) mass is 332 g/mol. The minimum atomic E-state index is 0.339. The van der Waals surface area contributed by atoms with Crippen LogP contribution in [0.2, 0.25) is 0 Å². The molecule has 2 heterocycles. The number of hydrogen-bond acceptors (Lipinski definition) is 2. The van der Waals surface area contributed by atoms with Crippen molar-refractivity contribution in [2.24, 2.45) is 9.98 Å². The Balaban J connectivity index is 1.67. The Bertz CT molecular complexity index is 1350. The summed E-state index contributed by atoms with van der Waals surface area (Å²) >= 11 is 0. The van der Waals surface area contributed by atoms with Crippen molar-refractivity contribution in [1.29, 1.82) is 0 Å². The number of benzene rings is 3. The summed E-state index contributed by atoms with van der Waals surface area (Å²) in [4.78, 5) is 9.91. The molecule has 0 N–H and O–H groups in total. The van der Waals surface area contributed by atoms with Crippen molar-refractivity contribution in [3.63, 3.8) is 0 Å². The van der Waals surface area contributed by atoms with Crippen LogP contribution in [0.4, 0.5) is 5.69 Å². The molecule has 0 aromatic heterocycles.